The average Bonchev–Trinajstić information content (AvgIpc) is 3.17. The molecule has 4 aromatic rings. The van der Waals surface area contributed by atoms with Crippen molar-refractivity contribution in [2.24, 2.45) is 11.5 Å². The van der Waals surface area contributed by atoms with Crippen LogP contribution in [0.5, 0.6) is 0 Å². The molecule has 0 aliphatic rings. The summed E-state index contributed by atoms with van der Waals surface area (Å²) in [5.41, 5.74) is 16.3. The van der Waals surface area contributed by atoms with E-state index in [0.717, 1.165) is 33.1 Å². The summed E-state index contributed by atoms with van der Waals surface area (Å²) in [4.78, 5) is 0. The van der Waals surface area contributed by atoms with Gasteiger partial charge in [0.05, 0.1) is 24.6 Å². The van der Waals surface area contributed by atoms with Crippen molar-refractivity contribution in [2.75, 3.05) is 0 Å². The summed E-state index contributed by atoms with van der Waals surface area (Å²) in [6.45, 7) is 0. The van der Waals surface area contributed by atoms with E-state index in [1.807, 2.05) is 48.5 Å². The summed E-state index contributed by atoms with van der Waals surface area (Å²) in [7, 11) is 0. The molecule has 2 atom stereocenters. The molecule has 0 spiro atoms. The molecule has 4 nitrogen and oxygen atoms in total. The molecule has 2 aromatic carbocycles. The van der Waals surface area contributed by atoms with Crippen LogP contribution in [0.25, 0.3) is 21.9 Å². The van der Waals surface area contributed by atoms with Gasteiger partial charge in [0, 0.05) is 21.9 Å². The van der Waals surface area contributed by atoms with Crippen molar-refractivity contribution >= 4 is 21.9 Å². The Labute approximate surface area is 127 Å². The van der Waals surface area contributed by atoms with Gasteiger partial charge in [-0.1, -0.05) is 36.4 Å². The number of benzene rings is 2. The number of hydrogen-bond acceptors (Lipinski definition) is 4. The Morgan fingerprint density at radius 3 is 1.50 bits per heavy atom. The Bertz CT molecular complexity index is 860. The van der Waals surface area contributed by atoms with E-state index < -0.39 is 0 Å². The molecule has 0 saturated heterocycles. The van der Waals surface area contributed by atoms with E-state index in [0.29, 0.717) is 0 Å². The zero-order chi connectivity index (χ0) is 15.1. The zero-order valence-electron chi connectivity index (χ0n) is 11.9. The number of nitrogens with two attached hydrogens (primary N) is 2. The molecular formula is C18H16N2O2. The maximum Gasteiger partial charge on any atom is 0.134 e. The normalized spacial score (nSPS) is 14.5. The third-order valence-electron chi connectivity index (χ3n) is 4.13. The van der Waals surface area contributed by atoms with E-state index in [2.05, 4.69) is 0 Å². The molecule has 0 aliphatic heterocycles. The third-order valence-corrected chi connectivity index (χ3v) is 4.13. The lowest BCUT2D eigenvalue weighted by atomic mass is 9.94. The van der Waals surface area contributed by atoms with Crippen molar-refractivity contribution in [3.05, 3.63) is 72.2 Å². The molecule has 0 fully saturated rings. The van der Waals surface area contributed by atoms with Gasteiger partial charge in [-0.2, -0.15) is 0 Å². The zero-order valence-corrected chi connectivity index (χ0v) is 11.9. The Kier molecular flexibility index (Phi) is 2.99. The molecule has 0 bridgehead atoms. The van der Waals surface area contributed by atoms with Crippen LogP contribution in [0.3, 0.4) is 0 Å². The average molecular weight is 292 g/mol. The van der Waals surface area contributed by atoms with Gasteiger partial charge in [-0.3, -0.25) is 0 Å². The lowest BCUT2D eigenvalue weighted by Crippen LogP contribution is -2.26. The number of rotatable bonds is 3. The second-order valence-electron chi connectivity index (χ2n) is 5.43. The second-order valence-corrected chi connectivity index (χ2v) is 5.43. The van der Waals surface area contributed by atoms with Gasteiger partial charge in [-0.15, -0.1) is 0 Å². The number of fused-ring (bicyclic) bond motifs is 2. The lowest BCUT2D eigenvalue weighted by molar-refractivity contribution is 0.542. The van der Waals surface area contributed by atoms with Gasteiger partial charge < -0.3 is 20.3 Å². The molecule has 0 saturated carbocycles. The van der Waals surface area contributed by atoms with Crippen molar-refractivity contribution in [3.63, 3.8) is 0 Å². The predicted molar refractivity (Wildman–Crippen MR) is 86.3 cm³/mol. The fourth-order valence-electron chi connectivity index (χ4n) is 2.90. The maximum atomic E-state index is 6.40. The Morgan fingerprint density at radius 2 is 1.05 bits per heavy atom. The van der Waals surface area contributed by atoms with Crippen LogP contribution >= 0.6 is 0 Å². The standard InChI is InChI=1S/C18H16N2O2/c19-17(13-9-21-15-7-3-1-5-11(13)15)18(20)14-10-22-16-8-4-2-6-12(14)16/h1-10,17-18H,19-20H2. The Morgan fingerprint density at radius 1 is 0.636 bits per heavy atom. The van der Waals surface area contributed by atoms with Gasteiger partial charge in [-0.25, -0.2) is 0 Å². The van der Waals surface area contributed by atoms with Crippen molar-refractivity contribution in [1.29, 1.82) is 0 Å². The first kappa shape index (κ1) is 13.1. The number of para-hydroxylation sites is 2. The van der Waals surface area contributed by atoms with Crippen molar-refractivity contribution in [3.8, 4) is 0 Å². The van der Waals surface area contributed by atoms with Gasteiger partial charge in [-0.05, 0) is 12.1 Å². The molecule has 2 unspecified atom stereocenters. The number of hydrogen-bond donors (Lipinski definition) is 2. The van der Waals surface area contributed by atoms with E-state index in [9.17, 15) is 0 Å². The minimum absolute atomic E-state index is 0.371. The van der Waals surface area contributed by atoms with Crippen LogP contribution in [0.15, 0.2) is 69.9 Å². The van der Waals surface area contributed by atoms with Gasteiger partial charge in [0.1, 0.15) is 11.2 Å². The molecule has 4 heteroatoms. The van der Waals surface area contributed by atoms with Gasteiger partial charge in [0.15, 0.2) is 0 Å². The van der Waals surface area contributed by atoms with Gasteiger partial charge >= 0.3 is 0 Å². The molecule has 2 aromatic heterocycles. The van der Waals surface area contributed by atoms with E-state index in [4.69, 9.17) is 20.3 Å². The first-order valence-corrected chi connectivity index (χ1v) is 7.19. The highest BCUT2D eigenvalue weighted by molar-refractivity contribution is 5.83. The molecule has 0 aliphatic carbocycles. The smallest absolute Gasteiger partial charge is 0.134 e. The largest absolute Gasteiger partial charge is 0.464 e. The molecule has 2 heterocycles. The van der Waals surface area contributed by atoms with E-state index in [1.165, 1.54) is 0 Å². The summed E-state index contributed by atoms with van der Waals surface area (Å²) in [5, 5.41) is 2.00. The van der Waals surface area contributed by atoms with Crippen molar-refractivity contribution in [2.45, 2.75) is 12.1 Å². The molecule has 4 rings (SSSR count). The maximum absolute atomic E-state index is 6.40. The highest BCUT2D eigenvalue weighted by Crippen LogP contribution is 2.34. The highest BCUT2D eigenvalue weighted by Gasteiger charge is 2.24. The van der Waals surface area contributed by atoms with Gasteiger partial charge in [0.25, 0.3) is 0 Å². The Hall–Kier alpha value is -2.56. The highest BCUT2D eigenvalue weighted by atomic mass is 16.3. The second kappa shape index (κ2) is 5.02. The van der Waals surface area contributed by atoms with Crippen molar-refractivity contribution < 1.29 is 8.83 Å². The summed E-state index contributed by atoms with van der Waals surface area (Å²) in [6.07, 6.45) is 3.38. The minimum atomic E-state index is -0.371. The first-order valence-electron chi connectivity index (χ1n) is 7.19. The predicted octanol–water partition coefficient (Wildman–Crippen LogP) is 3.88. The topological polar surface area (TPSA) is 78.3 Å². The fraction of sp³-hybridized carbons (Fsp3) is 0.111. The summed E-state index contributed by atoms with van der Waals surface area (Å²) >= 11 is 0. The molecule has 0 radical (unpaired) electrons. The first-order chi connectivity index (χ1) is 10.8. The van der Waals surface area contributed by atoms with E-state index >= 15 is 0 Å². The molecule has 4 N–H and O–H groups in total. The van der Waals surface area contributed by atoms with E-state index in [-0.39, 0.29) is 12.1 Å². The SMILES string of the molecule is NC(c1coc2ccccc12)C(N)c1coc2ccccc12. The quantitative estimate of drug-likeness (QED) is 0.600. The van der Waals surface area contributed by atoms with Gasteiger partial charge in [0.2, 0.25) is 0 Å². The molecule has 0 amide bonds. The van der Waals surface area contributed by atoms with Crippen LogP contribution in [-0.2, 0) is 0 Å². The fourth-order valence-corrected chi connectivity index (χ4v) is 2.90. The van der Waals surface area contributed by atoms with Crippen LogP contribution in [0.2, 0.25) is 0 Å². The molecule has 110 valence electrons. The minimum Gasteiger partial charge on any atom is -0.464 e. The summed E-state index contributed by atoms with van der Waals surface area (Å²) < 4.78 is 11.1. The van der Waals surface area contributed by atoms with Crippen LogP contribution in [0.4, 0.5) is 0 Å². The van der Waals surface area contributed by atoms with Crippen LogP contribution in [-0.4, -0.2) is 0 Å². The Balaban J connectivity index is 1.77. The monoisotopic (exact) mass is 292 g/mol. The van der Waals surface area contributed by atoms with E-state index in [1.54, 1.807) is 12.5 Å². The molecular weight excluding hydrogens is 276 g/mol. The third kappa shape index (κ3) is 1.93. The van der Waals surface area contributed by atoms with Crippen LogP contribution < -0.4 is 11.5 Å². The summed E-state index contributed by atoms with van der Waals surface area (Å²) in [6, 6.07) is 14.9. The number of furan rings is 2. The molecule has 22 heavy (non-hydrogen) atoms. The van der Waals surface area contributed by atoms with Crippen molar-refractivity contribution in [1.82, 2.24) is 0 Å². The van der Waals surface area contributed by atoms with Crippen LogP contribution in [0, 0.1) is 0 Å². The summed E-state index contributed by atoms with van der Waals surface area (Å²) in [5.74, 6) is 0. The van der Waals surface area contributed by atoms with Crippen LogP contribution in [0.1, 0.15) is 23.2 Å². The lowest BCUT2D eigenvalue weighted by Gasteiger charge is -2.18.